The molecule has 3 nitrogen and oxygen atoms in total. The van der Waals surface area contributed by atoms with Gasteiger partial charge in [-0.05, 0) is 50.4 Å². The first-order valence-corrected chi connectivity index (χ1v) is 7.30. The monoisotopic (exact) mass is 248 g/mol. The maximum Gasteiger partial charge on any atom is 0.122 e. The van der Waals surface area contributed by atoms with E-state index in [4.69, 9.17) is 10.2 Å². The second-order valence-corrected chi connectivity index (χ2v) is 5.94. The van der Waals surface area contributed by atoms with Gasteiger partial charge in [-0.1, -0.05) is 13.8 Å². The fourth-order valence-corrected chi connectivity index (χ4v) is 3.29. The van der Waals surface area contributed by atoms with Gasteiger partial charge in [0, 0.05) is 12.0 Å². The van der Waals surface area contributed by atoms with Gasteiger partial charge in [0.15, 0.2) is 0 Å². The SMILES string of the molecule is CCN1CCCC(N)C1c1ccc(C2CC2C)o1. The van der Waals surface area contributed by atoms with E-state index in [1.54, 1.807) is 0 Å². The highest BCUT2D eigenvalue weighted by molar-refractivity contribution is 5.20. The molecular formula is C15H24N2O. The van der Waals surface area contributed by atoms with Crippen LogP contribution in [-0.4, -0.2) is 24.0 Å². The van der Waals surface area contributed by atoms with Crippen molar-refractivity contribution in [2.45, 2.75) is 51.1 Å². The average Bonchev–Trinajstić information content (AvgIpc) is 2.91. The number of hydrogen-bond donors (Lipinski definition) is 1. The molecule has 2 aliphatic rings. The number of nitrogens with zero attached hydrogens (tertiary/aromatic N) is 1. The van der Waals surface area contributed by atoms with Gasteiger partial charge >= 0.3 is 0 Å². The van der Waals surface area contributed by atoms with Gasteiger partial charge in [-0.3, -0.25) is 4.90 Å². The molecule has 100 valence electrons. The van der Waals surface area contributed by atoms with Crippen LogP contribution >= 0.6 is 0 Å². The summed E-state index contributed by atoms with van der Waals surface area (Å²) in [6.45, 7) is 6.69. The Morgan fingerprint density at radius 2 is 2.11 bits per heavy atom. The molecule has 1 aromatic rings. The first-order chi connectivity index (χ1) is 8.70. The zero-order chi connectivity index (χ0) is 12.7. The summed E-state index contributed by atoms with van der Waals surface area (Å²) in [4.78, 5) is 2.45. The normalized spacial score (nSPS) is 36.8. The van der Waals surface area contributed by atoms with Gasteiger partial charge in [0.05, 0.1) is 6.04 Å². The van der Waals surface area contributed by atoms with Gasteiger partial charge in [0.25, 0.3) is 0 Å². The van der Waals surface area contributed by atoms with Crippen molar-refractivity contribution in [1.29, 1.82) is 0 Å². The molecule has 18 heavy (non-hydrogen) atoms. The minimum absolute atomic E-state index is 0.217. The minimum atomic E-state index is 0.217. The maximum absolute atomic E-state index is 6.30. The lowest BCUT2D eigenvalue weighted by atomic mass is 9.95. The molecule has 1 aliphatic carbocycles. The summed E-state index contributed by atoms with van der Waals surface area (Å²) in [5, 5.41) is 0. The number of likely N-dealkylation sites (N-methyl/N-ethyl adjacent to an activating group) is 1. The Labute approximate surface area is 109 Å². The highest BCUT2D eigenvalue weighted by Gasteiger charge is 2.38. The van der Waals surface area contributed by atoms with Crippen molar-refractivity contribution in [2.24, 2.45) is 11.7 Å². The average molecular weight is 248 g/mol. The van der Waals surface area contributed by atoms with E-state index in [2.05, 4.69) is 30.9 Å². The van der Waals surface area contributed by atoms with Crippen LogP contribution in [-0.2, 0) is 0 Å². The molecule has 0 aromatic carbocycles. The van der Waals surface area contributed by atoms with Crippen molar-refractivity contribution < 1.29 is 4.42 Å². The van der Waals surface area contributed by atoms with Crippen LogP contribution in [0.3, 0.4) is 0 Å². The van der Waals surface area contributed by atoms with Crippen molar-refractivity contribution in [3.8, 4) is 0 Å². The molecule has 1 saturated heterocycles. The van der Waals surface area contributed by atoms with Gasteiger partial charge in [-0.15, -0.1) is 0 Å². The van der Waals surface area contributed by atoms with Crippen molar-refractivity contribution in [3.63, 3.8) is 0 Å². The largest absolute Gasteiger partial charge is 0.464 e. The molecule has 4 atom stereocenters. The number of nitrogens with two attached hydrogens (primary N) is 1. The predicted molar refractivity (Wildman–Crippen MR) is 72.4 cm³/mol. The van der Waals surface area contributed by atoms with E-state index >= 15 is 0 Å². The molecule has 2 N–H and O–H groups in total. The van der Waals surface area contributed by atoms with Crippen LogP contribution in [0.15, 0.2) is 16.5 Å². The van der Waals surface area contributed by atoms with E-state index < -0.39 is 0 Å². The molecule has 2 fully saturated rings. The van der Waals surface area contributed by atoms with E-state index in [0.29, 0.717) is 5.92 Å². The van der Waals surface area contributed by atoms with Gasteiger partial charge < -0.3 is 10.2 Å². The Kier molecular flexibility index (Phi) is 3.20. The predicted octanol–water partition coefficient (Wildman–Crippen LogP) is 2.89. The number of rotatable bonds is 3. The second kappa shape index (κ2) is 4.71. The third-order valence-corrected chi connectivity index (χ3v) is 4.60. The summed E-state index contributed by atoms with van der Waals surface area (Å²) in [5.74, 6) is 3.71. The number of hydrogen-bond acceptors (Lipinski definition) is 3. The fourth-order valence-electron chi connectivity index (χ4n) is 3.29. The Balaban J connectivity index is 1.80. The van der Waals surface area contributed by atoms with Crippen molar-refractivity contribution in [3.05, 3.63) is 23.7 Å². The van der Waals surface area contributed by atoms with Crippen LogP contribution in [0, 0.1) is 5.92 Å². The van der Waals surface area contributed by atoms with Crippen molar-refractivity contribution in [1.82, 2.24) is 4.90 Å². The number of furan rings is 1. The highest BCUT2D eigenvalue weighted by Crippen LogP contribution is 2.48. The lowest BCUT2D eigenvalue weighted by Gasteiger charge is -2.37. The quantitative estimate of drug-likeness (QED) is 0.894. The third-order valence-electron chi connectivity index (χ3n) is 4.60. The fraction of sp³-hybridized carbons (Fsp3) is 0.733. The van der Waals surface area contributed by atoms with Crippen LogP contribution in [0.1, 0.15) is 56.6 Å². The van der Waals surface area contributed by atoms with Crippen LogP contribution in [0.5, 0.6) is 0 Å². The molecule has 1 aliphatic heterocycles. The lowest BCUT2D eigenvalue weighted by Crippen LogP contribution is -2.45. The third kappa shape index (κ3) is 2.10. The number of piperidine rings is 1. The molecule has 1 aromatic heterocycles. The molecule has 0 amide bonds. The Bertz CT molecular complexity index is 414. The summed E-state index contributed by atoms with van der Waals surface area (Å²) >= 11 is 0. The maximum atomic E-state index is 6.30. The van der Waals surface area contributed by atoms with E-state index in [1.807, 2.05) is 0 Å². The number of likely N-dealkylation sites (tertiary alicyclic amines) is 1. The van der Waals surface area contributed by atoms with Crippen molar-refractivity contribution in [2.75, 3.05) is 13.1 Å². The molecular weight excluding hydrogens is 224 g/mol. The van der Waals surface area contributed by atoms with Gasteiger partial charge in [0.2, 0.25) is 0 Å². The molecule has 0 radical (unpaired) electrons. The van der Waals surface area contributed by atoms with Gasteiger partial charge in [0.1, 0.15) is 11.5 Å². The van der Waals surface area contributed by atoms with Crippen LogP contribution in [0.2, 0.25) is 0 Å². The minimum Gasteiger partial charge on any atom is -0.464 e. The summed E-state index contributed by atoms with van der Waals surface area (Å²) in [6, 6.07) is 4.82. The molecule has 0 spiro atoms. The molecule has 3 rings (SSSR count). The Hall–Kier alpha value is -0.800. The lowest BCUT2D eigenvalue weighted by molar-refractivity contribution is 0.116. The van der Waals surface area contributed by atoms with Crippen LogP contribution in [0.25, 0.3) is 0 Å². The van der Waals surface area contributed by atoms with Crippen LogP contribution < -0.4 is 5.73 Å². The first-order valence-electron chi connectivity index (χ1n) is 7.30. The molecule has 1 saturated carbocycles. The van der Waals surface area contributed by atoms with Gasteiger partial charge in [-0.25, -0.2) is 0 Å². The Morgan fingerprint density at radius 1 is 1.39 bits per heavy atom. The van der Waals surface area contributed by atoms with E-state index in [0.717, 1.165) is 31.2 Å². The smallest absolute Gasteiger partial charge is 0.122 e. The van der Waals surface area contributed by atoms with Crippen LogP contribution in [0.4, 0.5) is 0 Å². The standard InChI is InChI=1S/C15H24N2O/c1-3-17-8-4-5-12(16)15(17)14-7-6-13(18-14)11-9-10(11)2/h6-7,10-12,15H,3-5,8-9,16H2,1-2H3. The van der Waals surface area contributed by atoms with E-state index in [1.165, 1.54) is 18.6 Å². The molecule has 2 heterocycles. The summed E-state index contributed by atoms with van der Waals surface area (Å²) in [7, 11) is 0. The topological polar surface area (TPSA) is 42.4 Å². The van der Waals surface area contributed by atoms with Gasteiger partial charge in [-0.2, -0.15) is 0 Å². The Morgan fingerprint density at radius 3 is 2.78 bits per heavy atom. The molecule has 4 unspecified atom stereocenters. The van der Waals surface area contributed by atoms with Crippen molar-refractivity contribution >= 4 is 0 Å². The summed E-state index contributed by atoms with van der Waals surface area (Å²) in [6.07, 6.45) is 3.59. The molecule has 3 heteroatoms. The van der Waals surface area contributed by atoms with E-state index in [9.17, 15) is 0 Å². The highest BCUT2D eigenvalue weighted by atomic mass is 16.3. The summed E-state index contributed by atoms with van der Waals surface area (Å²) < 4.78 is 6.10. The zero-order valence-corrected chi connectivity index (χ0v) is 11.4. The molecule has 0 bridgehead atoms. The van der Waals surface area contributed by atoms with E-state index in [-0.39, 0.29) is 12.1 Å². The first kappa shape index (κ1) is 12.2. The second-order valence-electron chi connectivity index (χ2n) is 5.94. The summed E-state index contributed by atoms with van der Waals surface area (Å²) in [5.41, 5.74) is 6.30. The zero-order valence-electron chi connectivity index (χ0n) is 11.4.